The molecule has 3 rings (SSSR count). The van der Waals surface area contributed by atoms with Gasteiger partial charge in [0, 0.05) is 17.3 Å². The number of rotatable bonds is 4. The number of imidazole rings is 1. The lowest BCUT2D eigenvalue weighted by Crippen LogP contribution is -2.28. The third-order valence-corrected chi connectivity index (χ3v) is 4.04. The summed E-state index contributed by atoms with van der Waals surface area (Å²) in [6.45, 7) is 5.34. The third-order valence-electron chi connectivity index (χ3n) is 4.04. The summed E-state index contributed by atoms with van der Waals surface area (Å²) in [5, 5.41) is 2.80. The number of nitrogens with zero attached hydrogens (tertiary/aromatic N) is 2. The number of amides is 1. The Labute approximate surface area is 175 Å². The minimum absolute atomic E-state index is 0.0441. The van der Waals surface area contributed by atoms with Gasteiger partial charge in [-0.3, -0.25) is 4.79 Å². The van der Waals surface area contributed by atoms with Gasteiger partial charge in [0.2, 0.25) is 11.9 Å². The monoisotopic (exact) mass is 404 g/mol. The first-order valence-corrected chi connectivity index (χ1v) is 9.44. The van der Waals surface area contributed by atoms with Crippen molar-refractivity contribution in [3.63, 3.8) is 0 Å². The first-order chi connectivity index (χ1) is 14.2. The van der Waals surface area contributed by atoms with E-state index in [0.717, 1.165) is 5.56 Å². The molecule has 7 heteroatoms. The van der Waals surface area contributed by atoms with Gasteiger partial charge in [-0.15, -0.1) is 0 Å². The van der Waals surface area contributed by atoms with Crippen LogP contribution in [0, 0.1) is 0 Å². The Bertz CT molecular complexity index is 1060. The molecule has 0 atom stereocenters. The predicted octanol–water partition coefficient (Wildman–Crippen LogP) is 4.57. The molecule has 3 aromatic rings. The summed E-state index contributed by atoms with van der Waals surface area (Å²) in [5.41, 5.74) is 7.98. The molecule has 30 heavy (non-hydrogen) atoms. The second-order valence-corrected chi connectivity index (χ2v) is 7.63. The second-order valence-electron chi connectivity index (χ2n) is 7.63. The van der Waals surface area contributed by atoms with Crippen LogP contribution >= 0.6 is 0 Å². The number of anilines is 2. The summed E-state index contributed by atoms with van der Waals surface area (Å²) >= 11 is 0. The fraction of sp³-hybridized carbons (Fsp3) is 0.174. The lowest BCUT2D eigenvalue weighted by Gasteiger charge is -2.20. The highest BCUT2D eigenvalue weighted by atomic mass is 16.6. The summed E-state index contributed by atoms with van der Waals surface area (Å²) in [6, 6.07) is 16.6. The van der Waals surface area contributed by atoms with Gasteiger partial charge in [0.05, 0.1) is 11.9 Å². The van der Waals surface area contributed by atoms with Crippen molar-refractivity contribution in [3.8, 4) is 11.3 Å². The Morgan fingerprint density at radius 3 is 2.37 bits per heavy atom. The van der Waals surface area contributed by atoms with Crippen molar-refractivity contribution in [1.82, 2.24) is 9.55 Å². The molecule has 0 spiro atoms. The maximum atomic E-state index is 12.5. The maximum Gasteiger partial charge on any atom is 0.421 e. The van der Waals surface area contributed by atoms with Crippen LogP contribution in [0.5, 0.6) is 0 Å². The van der Waals surface area contributed by atoms with Gasteiger partial charge in [-0.2, -0.15) is 0 Å². The van der Waals surface area contributed by atoms with E-state index in [1.165, 1.54) is 16.8 Å². The Hall–Kier alpha value is -3.87. The van der Waals surface area contributed by atoms with Gasteiger partial charge in [0.1, 0.15) is 5.60 Å². The molecule has 0 bridgehead atoms. The first-order valence-electron chi connectivity index (χ1n) is 9.44. The number of nitrogen functional groups attached to an aromatic ring is 1. The largest absolute Gasteiger partial charge is 0.443 e. The number of nitrogens with one attached hydrogen (secondary N) is 1. The summed E-state index contributed by atoms with van der Waals surface area (Å²) in [4.78, 5) is 28.7. The highest BCUT2D eigenvalue weighted by Gasteiger charge is 2.22. The number of benzene rings is 2. The van der Waals surface area contributed by atoms with Crippen molar-refractivity contribution < 1.29 is 14.3 Å². The summed E-state index contributed by atoms with van der Waals surface area (Å²) in [5.74, 6) is -0.197. The van der Waals surface area contributed by atoms with Gasteiger partial charge in [0.15, 0.2) is 0 Å². The predicted molar refractivity (Wildman–Crippen MR) is 118 cm³/mol. The van der Waals surface area contributed by atoms with Gasteiger partial charge in [-0.05, 0) is 44.5 Å². The van der Waals surface area contributed by atoms with Crippen molar-refractivity contribution in [2.45, 2.75) is 26.4 Å². The smallest absolute Gasteiger partial charge is 0.421 e. The molecule has 0 fully saturated rings. The van der Waals surface area contributed by atoms with Crippen LogP contribution in [0.25, 0.3) is 17.3 Å². The zero-order chi connectivity index (χ0) is 21.7. The molecule has 0 aliphatic rings. The number of carbonyl (C=O) groups excluding carboxylic acids is 2. The first kappa shape index (κ1) is 20.9. The third kappa shape index (κ3) is 5.35. The highest BCUT2D eigenvalue weighted by molar-refractivity contribution is 6.02. The van der Waals surface area contributed by atoms with Gasteiger partial charge in [0.25, 0.3) is 0 Å². The zero-order valence-electron chi connectivity index (χ0n) is 17.1. The lowest BCUT2D eigenvalue weighted by atomic mass is 10.1. The molecule has 3 N–H and O–H groups in total. The lowest BCUT2D eigenvalue weighted by molar-refractivity contribution is -0.111. The van der Waals surface area contributed by atoms with E-state index < -0.39 is 11.7 Å². The normalized spacial score (nSPS) is 11.4. The molecule has 0 saturated carbocycles. The van der Waals surface area contributed by atoms with Crippen LogP contribution in [0.4, 0.5) is 16.4 Å². The molecule has 0 saturated heterocycles. The number of nitrogens with two attached hydrogens (primary N) is 1. The number of hydrogen-bond acceptors (Lipinski definition) is 5. The summed E-state index contributed by atoms with van der Waals surface area (Å²) < 4.78 is 6.63. The van der Waals surface area contributed by atoms with Crippen LogP contribution < -0.4 is 11.1 Å². The Morgan fingerprint density at radius 2 is 1.73 bits per heavy atom. The Kier molecular flexibility index (Phi) is 6.01. The van der Waals surface area contributed by atoms with E-state index in [0.29, 0.717) is 16.9 Å². The van der Waals surface area contributed by atoms with Gasteiger partial charge >= 0.3 is 6.09 Å². The van der Waals surface area contributed by atoms with Gasteiger partial charge in [-0.1, -0.05) is 42.5 Å². The minimum Gasteiger partial charge on any atom is -0.443 e. The molecule has 0 aliphatic carbocycles. The van der Waals surface area contributed by atoms with Gasteiger partial charge < -0.3 is 15.8 Å². The van der Waals surface area contributed by atoms with E-state index >= 15 is 0 Å². The molecular weight excluding hydrogens is 380 g/mol. The van der Waals surface area contributed by atoms with Crippen LogP contribution in [0.2, 0.25) is 0 Å². The average Bonchev–Trinajstić information content (AvgIpc) is 3.08. The van der Waals surface area contributed by atoms with Crippen LogP contribution in [-0.4, -0.2) is 27.2 Å². The molecule has 1 amide bonds. The molecular formula is C23H24N4O3. The van der Waals surface area contributed by atoms with Crippen LogP contribution in [0.3, 0.4) is 0 Å². The van der Waals surface area contributed by atoms with Crippen molar-refractivity contribution in [1.29, 1.82) is 0 Å². The van der Waals surface area contributed by atoms with E-state index in [9.17, 15) is 9.59 Å². The molecule has 0 radical (unpaired) electrons. The Balaban J connectivity index is 1.73. The van der Waals surface area contributed by atoms with Crippen LogP contribution in [0.1, 0.15) is 26.3 Å². The van der Waals surface area contributed by atoms with E-state index in [2.05, 4.69) is 10.3 Å². The Morgan fingerprint density at radius 1 is 1.07 bits per heavy atom. The van der Waals surface area contributed by atoms with E-state index in [1.54, 1.807) is 51.1 Å². The SMILES string of the molecule is CC(C)(C)OC(=O)n1c(-c2ccc(NC(=O)/C=C/c3ccccc3)cc2)cnc1N. The van der Waals surface area contributed by atoms with E-state index in [1.807, 2.05) is 30.3 Å². The topological polar surface area (TPSA) is 99.2 Å². The van der Waals surface area contributed by atoms with Crippen molar-refractivity contribution in [2.75, 3.05) is 11.1 Å². The summed E-state index contributed by atoms with van der Waals surface area (Å²) in [7, 11) is 0. The number of ether oxygens (including phenoxy) is 1. The fourth-order valence-electron chi connectivity index (χ4n) is 2.71. The van der Waals surface area contributed by atoms with E-state index in [-0.39, 0.29) is 11.9 Å². The molecule has 7 nitrogen and oxygen atoms in total. The quantitative estimate of drug-likeness (QED) is 0.621. The molecule has 2 aromatic carbocycles. The number of carbonyl (C=O) groups is 2. The average molecular weight is 404 g/mol. The van der Waals surface area contributed by atoms with Crippen molar-refractivity contribution in [3.05, 3.63) is 72.4 Å². The number of aromatic nitrogens is 2. The highest BCUT2D eigenvalue weighted by Crippen LogP contribution is 2.25. The fourth-order valence-corrected chi connectivity index (χ4v) is 2.71. The second kappa shape index (κ2) is 8.65. The maximum absolute atomic E-state index is 12.5. The molecule has 0 unspecified atom stereocenters. The molecule has 154 valence electrons. The van der Waals surface area contributed by atoms with Crippen molar-refractivity contribution in [2.24, 2.45) is 0 Å². The molecule has 0 aliphatic heterocycles. The van der Waals surface area contributed by atoms with Crippen molar-refractivity contribution >= 4 is 29.7 Å². The molecule has 1 heterocycles. The van der Waals surface area contributed by atoms with Crippen LogP contribution in [0.15, 0.2) is 66.9 Å². The van der Waals surface area contributed by atoms with E-state index in [4.69, 9.17) is 10.5 Å². The molecule has 1 aromatic heterocycles. The van der Waals surface area contributed by atoms with Gasteiger partial charge in [-0.25, -0.2) is 14.3 Å². The number of hydrogen-bond donors (Lipinski definition) is 2. The van der Waals surface area contributed by atoms with Crippen LogP contribution in [-0.2, 0) is 9.53 Å². The minimum atomic E-state index is -0.660. The summed E-state index contributed by atoms with van der Waals surface area (Å²) in [6.07, 6.45) is 4.12. The standard InChI is InChI=1S/C23H24N4O3/c1-23(2,3)30-22(29)27-19(15-25-21(27)24)17-10-12-18(13-11-17)26-20(28)14-9-16-7-5-4-6-8-16/h4-15H,1-3H3,(H2,24,25)(H,26,28)/b14-9+. The zero-order valence-corrected chi connectivity index (χ0v) is 17.1.